The van der Waals surface area contributed by atoms with Crippen LogP contribution >= 0.6 is 0 Å². The van der Waals surface area contributed by atoms with Crippen molar-refractivity contribution in [2.45, 2.75) is 18.9 Å². The average molecular weight is 336 g/mol. The minimum Gasteiger partial charge on any atom is -0.475 e. The normalized spacial score (nSPS) is 16.9. The SMILES string of the molecule is Nc1nc(-c2cc3cccnc3n2C2CC2)nc2c1C(=O)NCCO2. The van der Waals surface area contributed by atoms with E-state index in [-0.39, 0.29) is 23.2 Å². The highest BCUT2D eigenvalue weighted by Gasteiger charge is 2.30. The van der Waals surface area contributed by atoms with E-state index in [9.17, 15) is 4.79 Å². The van der Waals surface area contributed by atoms with Crippen molar-refractivity contribution in [2.75, 3.05) is 18.9 Å². The number of anilines is 1. The molecule has 3 aromatic rings. The van der Waals surface area contributed by atoms with E-state index in [1.807, 2.05) is 18.2 Å². The van der Waals surface area contributed by atoms with Crippen LogP contribution in [0.15, 0.2) is 24.4 Å². The molecule has 5 rings (SSSR count). The molecule has 126 valence electrons. The van der Waals surface area contributed by atoms with E-state index in [2.05, 4.69) is 24.8 Å². The van der Waals surface area contributed by atoms with Crippen LogP contribution < -0.4 is 15.8 Å². The van der Waals surface area contributed by atoms with Crippen LogP contribution in [-0.2, 0) is 0 Å². The molecule has 0 unspecified atom stereocenters. The van der Waals surface area contributed by atoms with Gasteiger partial charge in [-0.2, -0.15) is 4.98 Å². The van der Waals surface area contributed by atoms with Crippen LogP contribution in [0.1, 0.15) is 29.2 Å². The first-order valence-corrected chi connectivity index (χ1v) is 8.27. The highest BCUT2D eigenvalue weighted by molar-refractivity contribution is 6.01. The summed E-state index contributed by atoms with van der Waals surface area (Å²) in [6, 6.07) is 6.33. The molecule has 2 aliphatic rings. The number of carbonyl (C=O) groups is 1. The molecule has 0 atom stereocenters. The van der Waals surface area contributed by atoms with Crippen LogP contribution in [0.25, 0.3) is 22.6 Å². The van der Waals surface area contributed by atoms with Crippen LogP contribution in [0.4, 0.5) is 5.82 Å². The van der Waals surface area contributed by atoms with Crippen LogP contribution in [0, 0.1) is 0 Å². The predicted molar refractivity (Wildman–Crippen MR) is 91.3 cm³/mol. The van der Waals surface area contributed by atoms with Gasteiger partial charge in [-0.25, -0.2) is 9.97 Å². The lowest BCUT2D eigenvalue weighted by Crippen LogP contribution is -2.25. The topological polar surface area (TPSA) is 108 Å². The van der Waals surface area contributed by atoms with Gasteiger partial charge < -0.3 is 20.4 Å². The Morgan fingerprint density at radius 1 is 1.32 bits per heavy atom. The van der Waals surface area contributed by atoms with Crippen molar-refractivity contribution in [3.05, 3.63) is 30.0 Å². The van der Waals surface area contributed by atoms with E-state index in [4.69, 9.17) is 10.5 Å². The third kappa shape index (κ3) is 2.21. The second-order valence-corrected chi connectivity index (χ2v) is 6.26. The number of aromatic nitrogens is 4. The van der Waals surface area contributed by atoms with Crippen LogP contribution in [0.2, 0.25) is 0 Å². The molecule has 0 aromatic carbocycles. The maximum absolute atomic E-state index is 12.1. The molecule has 4 heterocycles. The zero-order chi connectivity index (χ0) is 17.0. The molecule has 8 heteroatoms. The quantitative estimate of drug-likeness (QED) is 0.735. The maximum Gasteiger partial charge on any atom is 0.260 e. The third-order valence-corrected chi connectivity index (χ3v) is 4.50. The number of pyridine rings is 1. The largest absolute Gasteiger partial charge is 0.475 e. The van der Waals surface area contributed by atoms with Crippen molar-refractivity contribution < 1.29 is 9.53 Å². The van der Waals surface area contributed by atoms with Gasteiger partial charge >= 0.3 is 0 Å². The number of hydrogen-bond acceptors (Lipinski definition) is 6. The van der Waals surface area contributed by atoms with Crippen LogP contribution in [0.5, 0.6) is 5.88 Å². The van der Waals surface area contributed by atoms with Crippen molar-refractivity contribution in [3.63, 3.8) is 0 Å². The second-order valence-electron chi connectivity index (χ2n) is 6.26. The molecule has 3 N–H and O–H groups in total. The summed E-state index contributed by atoms with van der Waals surface area (Å²) in [6.45, 7) is 0.762. The summed E-state index contributed by atoms with van der Waals surface area (Å²) in [5.41, 5.74) is 8.02. The number of hydrogen-bond donors (Lipinski definition) is 2. The first kappa shape index (κ1) is 14.2. The number of ether oxygens (including phenoxy) is 1. The maximum atomic E-state index is 12.1. The Kier molecular flexibility index (Phi) is 2.94. The number of rotatable bonds is 2. The van der Waals surface area contributed by atoms with Gasteiger partial charge in [-0.1, -0.05) is 0 Å². The Bertz CT molecular complexity index is 1010. The highest BCUT2D eigenvalue weighted by Crippen LogP contribution is 2.42. The van der Waals surface area contributed by atoms with Crippen molar-refractivity contribution in [2.24, 2.45) is 0 Å². The van der Waals surface area contributed by atoms with Gasteiger partial charge in [0.05, 0.1) is 12.2 Å². The summed E-state index contributed by atoms with van der Waals surface area (Å²) in [6.07, 6.45) is 3.99. The molecule has 0 saturated heterocycles. The molecular weight excluding hydrogens is 320 g/mol. The summed E-state index contributed by atoms with van der Waals surface area (Å²) in [5, 5.41) is 3.75. The van der Waals surface area contributed by atoms with E-state index in [0.717, 1.165) is 29.6 Å². The van der Waals surface area contributed by atoms with E-state index in [0.29, 0.717) is 25.0 Å². The fraction of sp³-hybridized carbons (Fsp3) is 0.294. The summed E-state index contributed by atoms with van der Waals surface area (Å²) >= 11 is 0. The molecular formula is C17H16N6O2. The van der Waals surface area contributed by atoms with Crippen molar-refractivity contribution in [1.82, 2.24) is 24.8 Å². The fourth-order valence-corrected chi connectivity index (χ4v) is 3.22. The number of nitrogens with zero attached hydrogens (tertiary/aromatic N) is 4. The van der Waals surface area contributed by atoms with Gasteiger partial charge in [0.15, 0.2) is 5.82 Å². The second kappa shape index (κ2) is 5.17. The lowest BCUT2D eigenvalue weighted by atomic mass is 10.2. The molecule has 1 aliphatic heterocycles. The summed E-state index contributed by atoms with van der Waals surface area (Å²) in [5.74, 6) is 0.509. The predicted octanol–water partition coefficient (Wildman–Crippen LogP) is 1.53. The van der Waals surface area contributed by atoms with Gasteiger partial charge in [0.25, 0.3) is 5.91 Å². The van der Waals surface area contributed by atoms with Gasteiger partial charge in [-0.3, -0.25) is 4.79 Å². The van der Waals surface area contributed by atoms with E-state index in [1.54, 1.807) is 6.20 Å². The number of nitrogens with two attached hydrogens (primary N) is 1. The van der Waals surface area contributed by atoms with E-state index in [1.165, 1.54) is 0 Å². The molecule has 0 radical (unpaired) electrons. The molecule has 8 nitrogen and oxygen atoms in total. The summed E-state index contributed by atoms with van der Waals surface area (Å²) < 4.78 is 7.77. The lowest BCUT2D eigenvalue weighted by Gasteiger charge is -2.11. The zero-order valence-corrected chi connectivity index (χ0v) is 13.4. The minimum absolute atomic E-state index is 0.125. The number of nitrogens with one attached hydrogen (secondary N) is 1. The Balaban J connectivity index is 1.73. The molecule has 0 bridgehead atoms. The number of carbonyl (C=O) groups excluding carboxylic acids is 1. The molecule has 1 fully saturated rings. The van der Waals surface area contributed by atoms with Crippen LogP contribution in [-0.4, -0.2) is 38.6 Å². The fourth-order valence-electron chi connectivity index (χ4n) is 3.22. The number of nitrogen functional groups attached to an aromatic ring is 1. The Morgan fingerprint density at radius 3 is 3.04 bits per heavy atom. The minimum atomic E-state index is -0.305. The molecule has 25 heavy (non-hydrogen) atoms. The van der Waals surface area contributed by atoms with E-state index < -0.39 is 0 Å². The average Bonchev–Trinajstić information content (AvgIpc) is 3.39. The van der Waals surface area contributed by atoms with Gasteiger partial charge in [-0.15, -0.1) is 0 Å². The van der Waals surface area contributed by atoms with Crippen molar-refractivity contribution >= 4 is 22.8 Å². The third-order valence-electron chi connectivity index (χ3n) is 4.50. The zero-order valence-electron chi connectivity index (χ0n) is 13.4. The van der Waals surface area contributed by atoms with Gasteiger partial charge in [0.1, 0.15) is 23.6 Å². The van der Waals surface area contributed by atoms with Gasteiger partial charge in [-0.05, 0) is 31.0 Å². The Morgan fingerprint density at radius 2 is 2.20 bits per heavy atom. The Hall–Kier alpha value is -3.16. The number of fused-ring (bicyclic) bond motifs is 2. The highest BCUT2D eigenvalue weighted by atomic mass is 16.5. The molecule has 1 aliphatic carbocycles. The van der Waals surface area contributed by atoms with Crippen molar-refractivity contribution in [3.8, 4) is 17.4 Å². The van der Waals surface area contributed by atoms with E-state index >= 15 is 0 Å². The van der Waals surface area contributed by atoms with Gasteiger partial charge in [0.2, 0.25) is 5.88 Å². The monoisotopic (exact) mass is 336 g/mol. The van der Waals surface area contributed by atoms with Crippen LogP contribution in [0.3, 0.4) is 0 Å². The number of amides is 1. The van der Waals surface area contributed by atoms with Gasteiger partial charge in [0, 0.05) is 17.6 Å². The first-order valence-electron chi connectivity index (χ1n) is 8.27. The molecule has 3 aromatic heterocycles. The Labute approximate surface area is 143 Å². The summed E-state index contributed by atoms with van der Waals surface area (Å²) in [4.78, 5) is 25.5. The first-order chi connectivity index (χ1) is 12.2. The van der Waals surface area contributed by atoms with Crippen molar-refractivity contribution in [1.29, 1.82) is 0 Å². The smallest absolute Gasteiger partial charge is 0.260 e. The lowest BCUT2D eigenvalue weighted by molar-refractivity contribution is 0.0957. The summed E-state index contributed by atoms with van der Waals surface area (Å²) in [7, 11) is 0. The molecule has 1 amide bonds. The molecule has 1 saturated carbocycles. The molecule has 0 spiro atoms. The standard InChI is InChI=1S/C17H16N6O2/c18-13-12-16(24)20-6-7-25-17(12)22-14(21-13)11-8-9-2-1-5-19-15(9)23(11)10-3-4-10/h1-2,5,8,10H,3-4,6-7H2,(H,20,24)(H2,18,21,22).